The molecule has 1 rings (SSSR count). The fraction of sp³-hybridized carbons (Fsp3) is 0.533. The lowest BCUT2D eigenvalue weighted by Crippen LogP contribution is -2.48. The zero-order valence-corrected chi connectivity index (χ0v) is 12.2. The van der Waals surface area contributed by atoms with Crippen molar-refractivity contribution in [3.63, 3.8) is 0 Å². The zero-order valence-electron chi connectivity index (χ0n) is 12.2. The van der Waals surface area contributed by atoms with Gasteiger partial charge >= 0.3 is 6.03 Å². The smallest absolute Gasteiger partial charge is 0.319 e. The van der Waals surface area contributed by atoms with Gasteiger partial charge in [-0.15, -0.1) is 0 Å². The molecule has 1 aromatic rings. The van der Waals surface area contributed by atoms with Gasteiger partial charge in [0.15, 0.2) is 0 Å². The van der Waals surface area contributed by atoms with Gasteiger partial charge < -0.3 is 15.4 Å². The molecule has 0 radical (unpaired) electrons. The van der Waals surface area contributed by atoms with Gasteiger partial charge in [0.1, 0.15) is 5.75 Å². The van der Waals surface area contributed by atoms with Gasteiger partial charge in [0.25, 0.3) is 0 Å². The monoisotopic (exact) mass is 264 g/mol. The number of para-hydroxylation sites is 2. The summed E-state index contributed by atoms with van der Waals surface area (Å²) in [5.74, 6) is 0.660. The number of benzene rings is 1. The van der Waals surface area contributed by atoms with Crippen molar-refractivity contribution >= 4 is 11.7 Å². The minimum absolute atomic E-state index is 0.133. The van der Waals surface area contributed by atoms with Gasteiger partial charge in [-0.05, 0) is 31.4 Å². The van der Waals surface area contributed by atoms with Crippen LogP contribution in [0.1, 0.15) is 40.0 Å². The number of nitrogens with one attached hydrogen (secondary N) is 2. The van der Waals surface area contributed by atoms with Crippen LogP contribution in [0.4, 0.5) is 10.5 Å². The summed E-state index contributed by atoms with van der Waals surface area (Å²) in [6, 6.07) is 7.20. The summed E-state index contributed by atoms with van der Waals surface area (Å²) < 4.78 is 5.21. The molecular weight excluding hydrogens is 240 g/mol. The molecule has 0 bridgehead atoms. The highest BCUT2D eigenvalue weighted by Gasteiger charge is 2.25. The minimum atomic E-state index is -0.185. The number of ether oxygens (including phenoxy) is 1. The van der Waals surface area contributed by atoms with Gasteiger partial charge in [0.2, 0.25) is 0 Å². The second kappa shape index (κ2) is 7.02. The third kappa shape index (κ3) is 3.88. The molecule has 106 valence electrons. The molecule has 0 saturated carbocycles. The van der Waals surface area contributed by atoms with E-state index in [1.165, 1.54) is 0 Å². The molecule has 0 atom stereocenters. The van der Waals surface area contributed by atoms with E-state index < -0.39 is 0 Å². The van der Waals surface area contributed by atoms with Gasteiger partial charge in [0.05, 0.1) is 12.8 Å². The maximum Gasteiger partial charge on any atom is 0.319 e. The Balaban J connectivity index is 2.74. The lowest BCUT2D eigenvalue weighted by Gasteiger charge is -2.31. The fourth-order valence-corrected chi connectivity index (χ4v) is 2.16. The number of rotatable bonds is 6. The fourth-order valence-electron chi connectivity index (χ4n) is 2.16. The van der Waals surface area contributed by atoms with E-state index in [2.05, 4.69) is 31.4 Å². The number of carbonyl (C=O) groups is 1. The molecule has 0 unspecified atom stereocenters. The SMILES string of the molecule is CCC(CC)(CC)NC(=O)Nc1ccccc1OC. The Kier molecular flexibility index (Phi) is 5.67. The minimum Gasteiger partial charge on any atom is -0.495 e. The van der Waals surface area contributed by atoms with Crippen molar-refractivity contribution in [3.8, 4) is 5.75 Å². The Morgan fingerprint density at radius 1 is 1.16 bits per heavy atom. The van der Waals surface area contributed by atoms with Crippen LogP contribution in [0.5, 0.6) is 5.75 Å². The molecule has 0 aliphatic heterocycles. The van der Waals surface area contributed by atoms with Gasteiger partial charge in [0, 0.05) is 5.54 Å². The Morgan fingerprint density at radius 3 is 2.26 bits per heavy atom. The quantitative estimate of drug-likeness (QED) is 0.821. The maximum absolute atomic E-state index is 12.1. The van der Waals surface area contributed by atoms with E-state index in [0.717, 1.165) is 19.3 Å². The number of methoxy groups -OCH3 is 1. The van der Waals surface area contributed by atoms with Crippen molar-refractivity contribution < 1.29 is 9.53 Å². The van der Waals surface area contributed by atoms with Crippen LogP contribution in [-0.4, -0.2) is 18.7 Å². The molecule has 0 spiro atoms. The van der Waals surface area contributed by atoms with E-state index in [9.17, 15) is 4.79 Å². The van der Waals surface area contributed by atoms with Crippen LogP contribution in [0.25, 0.3) is 0 Å². The first-order valence-corrected chi connectivity index (χ1v) is 6.83. The van der Waals surface area contributed by atoms with Crippen LogP contribution in [0, 0.1) is 0 Å². The molecule has 4 heteroatoms. The van der Waals surface area contributed by atoms with Crippen molar-refractivity contribution in [2.75, 3.05) is 12.4 Å². The first-order chi connectivity index (χ1) is 9.10. The molecule has 0 aromatic heterocycles. The first-order valence-electron chi connectivity index (χ1n) is 6.83. The molecular formula is C15H24N2O2. The normalized spacial score (nSPS) is 10.9. The van der Waals surface area contributed by atoms with Crippen molar-refractivity contribution in [2.24, 2.45) is 0 Å². The molecule has 2 N–H and O–H groups in total. The molecule has 19 heavy (non-hydrogen) atoms. The summed E-state index contributed by atoms with van der Waals surface area (Å²) in [5.41, 5.74) is 0.547. The Bertz CT molecular complexity index is 406. The van der Waals surface area contributed by atoms with E-state index in [0.29, 0.717) is 11.4 Å². The molecule has 0 fully saturated rings. The molecule has 0 aliphatic carbocycles. The predicted molar refractivity (Wildman–Crippen MR) is 78.8 cm³/mol. The Labute approximate surface area is 115 Å². The van der Waals surface area contributed by atoms with Crippen LogP contribution < -0.4 is 15.4 Å². The number of hydrogen-bond acceptors (Lipinski definition) is 2. The number of amides is 2. The van der Waals surface area contributed by atoms with Crippen LogP contribution in [0.3, 0.4) is 0 Å². The standard InChI is InChI=1S/C15H24N2O2/c1-5-15(6-2,7-3)17-14(18)16-12-10-8-9-11-13(12)19-4/h8-11H,5-7H2,1-4H3,(H2,16,17,18). The lowest BCUT2D eigenvalue weighted by molar-refractivity contribution is 0.229. The molecule has 0 heterocycles. The van der Waals surface area contributed by atoms with Crippen molar-refractivity contribution in [1.82, 2.24) is 5.32 Å². The summed E-state index contributed by atoms with van der Waals surface area (Å²) in [7, 11) is 1.59. The molecule has 0 saturated heterocycles. The maximum atomic E-state index is 12.1. The second-order valence-electron chi connectivity index (χ2n) is 4.62. The highest BCUT2D eigenvalue weighted by Crippen LogP contribution is 2.24. The van der Waals surface area contributed by atoms with Crippen LogP contribution in [-0.2, 0) is 0 Å². The van der Waals surface area contributed by atoms with Gasteiger partial charge in [-0.1, -0.05) is 32.9 Å². The van der Waals surface area contributed by atoms with Crippen molar-refractivity contribution in [2.45, 2.75) is 45.6 Å². The van der Waals surface area contributed by atoms with Crippen LogP contribution in [0.15, 0.2) is 24.3 Å². The first kappa shape index (κ1) is 15.3. The number of urea groups is 1. The highest BCUT2D eigenvalue weighted by molar-refractivity contribution is 5.91. The second-order valence-corrected chi connectivity index (χ2v) is 4.62. The van der Waals surface area contributed by atoms with Gasteiger partial charge in [-0.25, -0.2) is 4.79 Å². The van der Waals surface area contributed by atoms with E-state index in [-0.39, 0.29) is 11.6 Å². The summed E-state index contributed by atoms with van der Waals surface area (Å²) >= 11 is 0. The van der Waals surface area contributed by atoms with E-state index >= 15 is 0 Å². The van der Waals surface area contributed by atoms with E-state index in [4.69, 9.17) is 4.74 Å². The summed E-state index contributed by atoms with van der Waals surface area (Å²) in [6.07, 6.45) is 2.75. The molecule has 0 aliphatic rings. The summed E-state index contributed by atoms with van der Waals surface area (Å²) in [5, 5.41) is 5.92. The number of hydrogen-bond donors (Lipinski definition) is 2. The molecule has 2 amide bonds. The highest BCUT2D eigenvalue weighted by atomic mass is 16.5. The van der Waals surface area contributed by atoms with Crippen molar-refractivity contribution in [1.29, 1.82) is 0 Å². The Morgan fingerprint density at radius 2 is 1.74 bits per heavy atom. The average Bonchev–Trinajstić information content (AvgIpc) is 2.45. The Hall–Kier alpha value is -1.71. The molecule has 1 aromatic carbocycles. The topological polar surface area (TPSA) is 50.4 Å². The lowest BCUT2D eigenvalue weighted by atomic mass is 9.90. The largest absolute Gasteiger partial charge is 0.495 e. The van der Waals surface area contributed by atoms with E-state index in [1.807, 2.05) is 24.3 Å². The average molecular weight is 264 g/mol. The predicted octanol–water partition coefficient (Wildman–Crippen LogP) is 3.79. The third-order valence-corrected chi connectivity index (χ3v) is 3.76. The van der Waals surface area contributed by atoms with E-state index in [1.54, 1.807) is 7.11 Å². The third-order valence-electron chi connectivity index (χ3n) is 3.76. The molecule has 4 nitrogen and oxygen atoms in total. The van der Waals surface area contributed by atoms with Crippen molar-refractivity contribution in [3.05, 3.63) is 24.3 Å². The van der Waals surface area contributed by atoms with Crippen LogP contribution in [0.2, 0.25) is 0 Å². The number of carbonyl (C=O) groups excluding carboxylic acids is 1. The summed E-state index contributed by atoms with van der Waals surface area (Å²) in [4.78, 5) is 12.1. The number of anilines is 1. The van der Waals surface area contributed by atoms with Crippen LogP contribution >= 0.6 is 0 Å². The summed E-state index contributed by atoms with van der Waals surface area (Å²) in [6.45, 7) is 6.28. The van der Waals surface area contributed by atoms with Gasteiger partial charge in [-0.2, -0.15) is 0 Å². The zero-order chi connectivity index (χ0) is 14.3. The van der Waals surface area contributed by atoms with Gasteiger partial charge in [-0.3, -0.25) is 0 Å².